The topological polar surface area (TPSA) is 38.3 Å². The minimum atomic E-state index is -1.15. The molecule has 0 aromatic carbocycles. The molecular weight excluding hydrogens is 228 g/mol. The third kappa shape index (κ3) is 9.29. The fourth-order valence-electron chi connectivity index (χ4n) is 0.849. The zero-order valence-corrected chi connectivity index (χ0v) is 9.84. The number of rotatable bonds is 8. The first-order valence-corrected chi connectivity index (χ1v) is 5.33. The Kier molecular flexibility index (Phi) is 8.64. The van der Waals surface area contributed by atoms with Crippen molar-refractivity contribution < 1.29 is 18.3 Å². The Morgan fingerprint density at radius 2 is 2.18 bits per heavy atom. The highest BCUT2D eigenvalue weighted by atomic mass is 19.2. The first kappa shape index (κ1) is 15.3. The van der Waals surface area contributed by atoms with Gasteiger partial charge in [-0.2, -0.15) is 0 Å². The summed E-state index contributed by atoms with van der Waals surface area (Å²) in [6.07, 6.45) is 5.03. The van der Waals surface area contributed by atoms with Crippen LogP contribution in [0.2, 0.25) is 0 Å². The Morgan fingerprint density at radius 1 is 1.47 bits per heavy atom. The summed E-state index contributed by atoms with van der Waals surface area (Å²) in [7, 11) is 0. The zero-order chi connectivity index (χ0) is 13.1. The second kappa shape index (κ2) is 9.57. The van der Waals surface area contributed by atoms with E-state index in [4.69, 9.17) is 4.74 Å². The van der Waals surface area contributed by atoms with Crippen LogP contribution in [0, 0.1) is 0 Å². The molecule has 0 saturated heterocycles. The average molecular weight is 245 g/mol. The molecule has 0 atom stereocenters. The maximum absolute atomic E-state index is 12.5. The molecule has 0 aliphatic heterocycles. The van der Waals surface area contributed by atoms with Crippen molar-refractivity contribution in [3.63, 3.8) is 0 Å². The van der Waals surface area contributed by atoms with E-state index in [0.29, 0.717) is 6.54 Å². The van der Waals surface area contributed by atoms with Gasteiger partial charge in [-0.15, -0.1) is 0 Å². The Labute approximate surface area is 99.8 Å². The molecule has 0 aliphatic carbocycles. The summed E-state index contributed by atoms with van der Waals surface area (Å²) >= 11 is 0. The fraction of sp³-hybridized carbons (Fsp3) is 0.417. The van der Waals surface area contributed by atoms with E-state index in [0.717, 1.165) is 31.3 Å². The van der Waals surface area contributed by atoms with E-state index in [1.54, 1.807) is 0 Å². The van der Waals surface area contributed by atoms with Gasteiger partial charge >= 0.3 is 0 Å². The Morgan fingerprint density at radius 3 is 2.76 bits per heavy atom. The molecule has 1 N–H and O–H groups in total. The minimum absolute atomic E-state index is 0.147. The molecule has 0 fully saturated rings. The molecule has 0 rings (SSSR count). The van der Waals surface area contributed by atoms with Gasteiger partial charge in [0, 0.05) is 6.54 Å². The Bertz CT molecular complexity index is 312. The molecule has 0 radical (unpaired) electrons. The van der Waals surface area contributed by atoms with E-state index in [1.807, 2.05) is 6.92 Å². The second-order valence-corrected chi connectivity index (χ2v) is 3.26. The smallest absolute Gasteiger partial charge is 0.257 e. The highest BCUT2D eigenvalue weighted by Gasteiger charge is 1.98. The van der Waals surface area contributed by atoms with Crippen molar-refractivity contribution in [3.8, 4) is 0 Å². The summed E-state index contributed by atoms with van der Waals surface area (Å²) in [5.41, 5.74) is 0. The van der Waals surface area contributed by atoms with Gasteiger partial charge in [-0.3, -0.25) is 4.79 Å². The van der Waals surface area contributed by atoms with Crippen LogP contribution in [0.1, 0.15) is 19.8 Å². The molecule has 0 heterocycles. The number of allylic oxidation sites excluding steroid dienone is 4. The summed E-state index contributed by atoms with van der Waals surface area (Å²) in [4.78, 5) is 11.1. The van der Waals surface area contributed by atoms with Gasteiger partial charge in [0.15, 0.2) is 18.3 Å². The first-order valence-electron chi connectivity index (χ1n) is 5.33. The predicted octanol–water partition coefficient (Wildman–Crippen LogP) is 2.77. The summed E-state index contributed by atoms with van der Waals surface area (Å²) in [5.74, 6) is -2.47. The summed E-state index contributed by atoms with van der Waals surface area (Å²) in [6.45, 7) is 5.26. The molecule has 5 heteroatoms. The van der Waals surface area contributed by atoms with E-state index in [1.165, 1.54) is 0 Å². The predicted molar refractivity (Wildman–Crippen MR) is 62.4 cm³/mol. The highest BCUT2D eigenvalue weighted by Crippen LogP contribution is 2.09. The Hall–Kier alpha value is -1.65. The van der Waals surface area contributed by atoms with Crippen molar-refractivity contribution in [1.29, 1.82) is 0 Å². The summed E-state index contributed by atoms with van der Waals surface area (Å²) < 4.78 is 29.4. The first-order chi connectivity index (χ1) is 8.07. The van der Waals surface area contributed by atoms with Crippen LogP contribution in [0.5, 0.6) is 0 Å². The number of unbranched alkanes of at least 4 members (excludes halogenated alkanes) is 1. The normalized spacial score (nSPS) is 11.6. The summed E-state index contributed by atoms with van der Waals surface area (Å²) in [6, 6.07) is 0. The molecule has 0 saturated carbocycles. The molecule has 1 amide bonds. The van der Waals surface area contributed by atoms with Crippen LogP contribution in [0.3, 0.4) is 0 Å². The molecule has 96 valence electrons. The number of amides is 1. The van der Waals surface area contributed by atoms with Crippen LogP contribution < -0.4 is 5.32 Å². The van der Waals surface area contributed by atoms with Crippen LogP contribution in [-0.4, -0.2) is 19.1 Å². The molecule has 0 bridgehead atoms. The van der Waals surface area contributed by atoms with Crippen molar-refractivity contribution in [1.82, 2.24) is 5.32 Å². The number of halogens is 2. The third-order valence-corrected chi connectivity index (χ3v) is 1.74. The lowest BCUT2D eigenvalue weighted by Crippen LogP contribution is -2.27. The van der Waals surface area contributed by atoms with Crippen LogP contribution in [0.25, 0.3) is 0 Å². The average Bonchev–Trinajstić information content (AvgIpc) is 2.28. The van der Waals surface area contributed by atoms with Gasteiger partial charge in [-0.25, -0.2) is 8.78 Å². The molecular formula is C12H17F2NO2. The van der Waals surface area contributed by atoms with Gasteiger partial charge in [0.2, 0.25) is 0 Å². The van der Waals surface area contributed by atoms with Crippen LogP contribution in [0.4, 0.5) is 8.78 Å². The lowest BCUT2D eigenvalue weighted by atomic mass is 10.3. The van der Waals surface area contributed by atoms with E-state index in [-0.39, 0.29) is 12.5 Å². The van der Waals surface area contributed by atoms with E-state index < -0.39 is 11.7 Å². The number of carbonyl (C=O) groups is 1. The summed E-state index contributed by atoms with van der Waals surface area (Å²) in [5, 5.41) is 2.64. The highest BCUT2D eigenvalue weighted by molar-refractivity contribution is 5.77. The molecule has 0 spiro atoms. The van der Waals surface area contributed by atoms with Crippen molar-refractivity contribution in [2.45, 2.75) is 19.8 Å². The molecule has 0 aliphatic rings. The number of hydrogen-bond donors (Lipinski definition) is 1. The quantitative estimate of drug-likeness (QED) is 0.405. The number of hydrogen-bond acceptors (Lipinski definition) is 2. The Balaban J connectivity index is 3.69. The minimum Gasteiger partial charge on any atom is -0.491 e. The van der Waals surface area contributed by atoms with E-state index in [9.17, 15) is 13.6 Å². The number of carbonyl (C=O) groups excluding carboxylic acids is 1. The monoisotopic (exact) mass is 245 g/mol. The molecule has 0 unspecified atom stereocenters. The van der Waals surface area contributed by atoms with E-state index in [2.05, 4.69) is 11.9 Å². The fourth-order valence-corrected chi connectivity index (χ4v) is 0.849. The molecule has 17 heavy (non-hydrogen) atoms. The van der Waals surface area contributed by atoms with Crippen molar-refractivity contribution in [2.24, 2.45) is 0 Å². The zero-order valence-electron chi connectivity index (χ0n) is 9.84. The van der Waals surface area contributed by atoms with Gasteiger partial charge < -0.3 is 10.1 Å². The van der Waals surface area contributed by atoms with Crippen LogP contribution >= 0.6 is 0 Å². The van der Waals surface area contributed by atoms with Gasteiger partial charge in [0.05, 0.1) is 6.26 Å². The van der Waals surface area contributed by atoms with Gasteiger partial charge in [-0.1, -0.05) is 19.9 Å². The van der Waals surface area contributed by atoms with E-state index >= 15 is 0 Å². The maximum Gasteiger partial charge on any atom is 0.257 e. The maximum atomic E-state index is 12.5. The number of nitrogens with one attached hydrogen (secondary N) is 1. The number of ether oxygens (including phenoxy) is 1. The van der Waals surface area contributed by atoms with Crippen molar-refractivity contribution >= 4 is 5.91 Å². The van der Waals surface area contributed by atoms with Gasteiger partial charge in [0.25, 0.3) is 5.91 Å². The van der Waals surface area contributed by atoms with Crippen LogP contribution in [-0.2, 0) is 9.53 Å². The second-order valence-electron chi connectivity index (χ2n) is 3.26. The van der Waals surface area contributed by atoms with Gasteiger partial charge in [-0.05, 0) is 18.6 Å². The standard InChI is InChI=1S/C12H17F2NO2/c1-3-4-7-15-12(16)9-17-8-5-6-11(14)10(2)13/h5-6,8H,2-4,7,9H2,1H3,(H,15,16)/b8-5+,11-6+. The van der Waals surface area contributed by atoms with Crippen LogP contribution in [0.15, 0.2) is 36.6 Å². The molecule has 0 aromatic heterocycles. The SMILES string of the molecule is C=C(F)/C(F)=C\C=C\OCC(=O)NCCCC. The molecule has 0 aromatic rings. The molecule has 3 nitrogen and oxygen atoms in total. The lowest BCUT2D eigenvalue weighted by molar-refractivity contribution is -0.124. The lowest BCUT2D eigenvalue weighted by Gasteiger charge is -2.02. The van der Waals surface area contributed by atoms with Gasteiger partial charge in [0.1, 0.15) is 0 Å². The third-order valence-electron chi connectivity index (χ3n) is 1.74. The van der Waals surface area contributed by atoms with Crippen molar-refractivity contribution in [3.05, 3.63) is 36.6 Å². The van der Waals surface area contributed by atoms with Crippen molar-refractivity contribution in [2.75, 3.05) is 13.2 Å². The largest absolute Gasteiger partial charge is 0.491 e.